The zero-order chi connectivity index (χ0) is 17.3. The van der Waals surface area contributed by atoms with E-state index in [1.165, 1.54) is 6.07 Å². The minimum atomic E-state index is -4.42. The third-order valence-electron chi connectivity index (χ3n) is 3.81. The molecule has 0 radical (unpaired) electrons. The second-order valence-electron chi connectivity index (χ2n) is 5.49. The Morgan fingerprint density at radius 1 is 1.33 bits per heavy atom. The molecule has 1 atom stereocenters. The van der Waals surface area contributed by atoms with E-state index in [9.17, 15) is 18.0 Å². The molecule has 1 fully saturated rings. The zero-order valence-corrected chi connectivity index (χ0v) is 13.3. The van der Waals surface area contributed by atoms with E-state index in [0.717, 1.165) is 36.1 Å². The van der Waals surface area contributed by atoms with Gasteiger partial charge in [-0.05, 0) is 25.0 Å². The second-order valence-corrected chi connectivity index (χ2v) is 6.38. The van der Waals surface area contributed by atoms with Gasteiger partial charge in [0.1, 0.15) is 0 Å². The van der Waals surface area contributed by atoms with E-state index in [0.29, 0.717) is 17.4 Å². The van der Waals surface area contributed by atoms with Crippen LogP contribution in [0, 0.1) is 0 Å². The van der Waals surface area contributed by atoms with Crippen LogP contribution < -0.4 is 10.6 Å². The van der Waals surface area contributed by atoms with Gasteiger partial charge >= 0.3 is 6.18 Å². The summed E-state index contributed by atoms with van der Waals surface area (Å²) >= 11 is 1.03. The topological polar surface area (TPSA) is 85.0 Å². The molecule has 10 heteroatoms. The molecule has 1 aliphatic rings. The minimum Gasteiger partial charge on any atom is -0.364 e. The van der Waals surface area contributed by atoms with E-state index in [-0.39, 0.29) is 11.6 Å². The molecule has 2 aromatic heterocycles. The maximum absolute atomic E-state index is 12.7. The Bertz CT molecular complexity index is 731. The van der Waals surface area contributed by atoms with Crippen LogP contribution in [0.2, 0.25) is 0 Å². The fourth-order valence-corrected chi connectivity index (χ4v) is 3.57. The first-order chi connectivity index (χ1) is 11.3. The van der Waals surface area contributed by atoms with Gasteiger partial charge in [-0.1, -0.05) is 0 Å². The van der Waals surface area contributed by atoms with Crippen LogP contribution in [-0.2, 0) is 6.18 Å². The van der Waals surface area contributed by atoms with Crippen molar-refractivity contribution in [2.24, 2.45) is 5.73 Å². The molecular weight excluding hydrogens is 343 g/mol. The van der Waals surface area contributed by atoms with Gasteiger partial charge in [0.15, 0.2) is 17.2 Å². The predicted octanol–water partition coefficient (Wildman–Crippen LogP) is 2.43. The van der Waals surface area contributed by atoms with Crippen LogP contribution in [-0.4, -0.2) is 34.2 Å². The number of carbonyl (C=O) groups excluding carboxylic acids is 1. The van der Waals surface area contributed by atoms with Crippen molar-refractivity contribution in [1.82, 2.24) is 15.2 Å². The lowest BCUT2D eigenvalue weighted by atomic mass is 9.99. The molecule has 1 amide bonds. The number of amides is 1. The van der Waals surface area contributed by atoms with Crippen molar-refractivity contribution in [2.75, 3.05) is 18.0 Å². The van der Waals surface area contributed by atoms with Crippen LogP contribution in [0.25, 0.3) is 0 Å². The molecule has 24 heavy (non-hydrogen) atoms. The number of halogens is 3. The third kappa shape index (κ3) is 3.48. The summed E-state index contributed by atoms with van der Waals surface area (Å²) in [5.74, 6) is -0.178. The molecule has 1 saturated heterocycles. The highest BCUT2D eigenvalue weighted by molar-refractivity contribution is 7.09. The summed E-state index contributed by atoms with van der Waals surface area (Å²) < 4.78 is 38.1. The molecular formula is C14H14F3N5OS. The molecule has 2 N–H and O–H groups in total. The number of nitrogens with two attached hydrogens (primary N) is 1. The Hall–Kier alpha value is -2.23. The first-order valence-electron chi connectivity index (χ1n) is 7.25. The van der Waals surface area contributed by atoms with Crippen molar-refractivity contribution >= 4 is 23.1 Å². The van der Waals surface area contributed by atoms with Gasteiger partial charge in [0.05, 0.1) is 5.01 Å². The molecule has 3 heterocycles. The number of anilines is 1. The van der Waals surface area contributed by atoms with Crippen LogP contribution >= 0.6 is 11.3 Å². The maximum Gasteiger partial charge on any atom is 0.434 e. The van der Waals surface area contributed by atoms with Crippen LogP contribution in [0.3, 0.4) is 0 Å². The van der Waals surface area contributed by atoms with Gasteiger partial charge in [-0.3, -0.25) is 4.79 Å². The van der Waals surface area contributed by atoms with Crippen LogP contribution in [0.15, 0.2) is 17.5 Å². The highest BCUT2D eigenvalue weighted by Crippen LogP contribution is 2.35. The van der Waals surface area contributed by atoms with Gasteiger partial charge in [0, 0.05) is 24.4 Å². The number of nitrogens with zero attached hydrogens (tertiary/aromatic N) is 4. The van der Waals surface area contributed by atoms with Crippen molar-refractivity contribution < 1.29 is 18.0 Å². The number of alkyl halides is 3. The van der Waals surface area contributed by atoms with Crippen LogP contribution in [0.1, 0.15) is 39.9 Å². The SMILES string of the molecule is NC(=O)c1ccc(N2CCCC(c3nc(C(F)(F)F)cs3)C2)nn1. The Kier molecular flexibility index (Phi) is 4.39. The molecule has 0 aromatic carbocycles. The number of piperidine rings is 1. The van der Waals surface area contributed by atoms with E-state index < -0.39 is 17.8 Å². The van der Waals surface area contributed by atoms with Gasteiger partial charge in [0.2, 0.25) is 0 Å². The zero-order valence-electron chi connectivity index (χ0n) is 12.5. The number of hydrogen-bond acceptors (Lipinski definition) is 6. The maximum atomic E-state index is 12.7. The number of rotatable bonds is 3. The lowest BCUT2D eigenvalue weighted by Gasteiger charge is -2.32. The minimum absolute atomic E-state index is 0.0713. The Morgan fingerprint density at radius 2 is 2.12 bits per heavy atom. The van der Waals surface area contributed by atoms with Gasteiger partial charge < -0.3 is 10.6 Å². The van der Waals surface area contributed by atoms with E-state index in [1.54, 1.807) is 6.07 Å². The molecule has 2 aromatic rings. The standard InChI is InChI=1S/C14H14F3N5OS/c15-14(16,17)10-7-24-13(19-10)8-2-1-5-22(6-8)11-4-3-9(12(18)23)20-21-11/h3-4,7-8H,1-2,5-6H2,(H2,18,23). The number of carbonyl (C=O) groups is 1. The lowest BCUT2D eigenvalue weighted by molar-refractivity contribution is -0.140. The van der Waals surface area contributed by atoms with Crippen LogP contribution in [0.5, 0.6) is 0 Å². The van der Waals surface area contributed by atoms with Gasteiger partial charge in [0.25, 0.3) is 5.91 Å². The third-order valence-corrected chi connectivity index (χ3v) is 4.82. The molecule has 1 aliphatic heterocycles. The molecule has 6 nitrogen and oxygen atoms in total. The summed E-state index contributed by atoms with van der Waals surface area (Å²) in [6.45, 7) is 1.23. The first-order valence-corrected chi connectivity index (χ1v) is 8.13. The monoisotopic (exact) mass is 357 g/mol. The number of primary amides is 1. The van der Waals surface area contributed by atoms with Crippen molar-refractivity contribution in [3.63, 3.8) is 0 Å². The van der Waals surface area contributed by atoms with Crippen molar-refractivity contribution in [3.8, 4) is 0 Å². The summed E-state index contributed by atoms with van der Waals surface area (Å²) in [6, 6.07) is 3.12. The summed E-state index contributed by atoms with van der Waals surface area (Å²) in [5.41, 5.74) is 4.35. The number of thiazole rings is 1. The van der Waals surface area contributed by atoms with Gasteiger partial charge in [-0.15, -0.1) is 21.5 Å². The number of hydrogen-bond donors (Lipinski definition) is 1. The summed E-state index contributed by atoms with van der Waals surface area (Å²) in [4.78, 5) is 16.7. The molecule has 1 unspecified atom stereocenters. The predicted molar refractivity (Wildman–Crippen MR) is 81.9 cm³/mol. The highest BCUT2D eigenvalue weighted by atomic mass is 32.1. The normalized spacial score (nSPS) is 18.6. The number of aromatic nitrogens is 3. The van der Waals surface area contributed by atoms with Crippen molar-refractivity contribution in [2.45, 2.75) is 24.9 Å². The van der Waals surface area contributed by atoms with E-state index in [1.807, 2.05) is 4.90 Å². The summed E-state index contributed by atoms with van der Waals surface area (Å²) in [6.07, 6.45) is -2.84. The molecule has 0 saturated carbocycles. The first kappa shape index (κ1) is 16.6. The van der Waals surface area contributed by atoms with E-state index in [2.05, 4.69) is 15.2 Å². The van der Waals surface area contributed by atoms with Gasteiger partial charge in [-0.2, -0.15) is 13.2 Å². The quantitative estimate of drug-likeness (QED) is 0.912. The molecule has 0 aliphatic carbocycles. The lowest BCUT2D eigenvalue weighted by Crippen LogP contribution is -2.35. The molecule has 3 rings (SSSR count). The van der Waals surface area contributed by atoms with Crippen molar-refractivity contribution in [1.29, 1.82) is 0 Å². The fraction of sp³-hybridized carbons (Fsp3) is 0.429. The molecule has 0 spiro atoms. The summed E-state index contributed by atoms with van der Waals surface area (Å²) in [7, 11) is 0. The van der Waals surface area contributed by atoms with E-state index >= 15 is 0 Å². The van der Waals surface area contributed by atoms with Crippen molar-refractivity contribution in [3.05, 3.63) is 33.9 Å². The average molecular weight is 357 g/mol. The Morgan fingerprint density at radius 3 is 2.71 bits per heavy atom. The largest absolute Gasteiger partial charge is 0.434 e. The van der Waals surface area contributed by atoms with Crippen LogP contribution in [0.4, 0.5) is 19.0 Å². The highest BCUT2D eigenvalue weighted by Gasteiger charge is 2.35. The van der Waals surface area contributed by atoms with E-state index in [4.69, 9.17) is 5.73 Å². The average Bonchev–Trinajstić information content (AvgIpc) is 3.05. The molecule has 128 valence electrons. The Labute approximate surface area is 139 Å². The second kappa shape index (κ2) is 6.34. The smallest absolute Gasteiger partial charge is 0.364 e. The fourth-order valence-electron chi connectivity index (χ4n) is 2.62. The summed E-state index contributed by atoms with van der Waals surface area (Å²) in [5, 5.41) is 9.27. The van der Waals surface area contributed by atoms with Gasteiger partial charge in [-0.25, -0.2) is 4.98 Å². The Balaban J connectivity index is 1.74. The molecule has 0 bridgehead atoms.